The van der Waals surface area contributed by atoms with E-state index in [-0.39, 0.29) is 30.9 Å². The first-order valence-corrected chi connectivity index (χ1v) is 14.7. The van der Waals surface area contributed by atoms with Gasteiger partial charge in [0.2, 0.25) is 18.6 Å². The summed E-state index contributed by atoms with van der Waals surface area (Å²) in [6.07, 6.45) is 0.365. The summed E-state index contributed by atoms with van der Waals surface area (Å²) < 4.78 is 15.9. The molecule has 0 aliphatic carbocycles. The molecule has 11 nitrogen and oxygen atoms in total. The molecule has 12 heteroatoms. The van der Waals surface area contributed by atoms with Gasteiger partial charge < -0.3 is 24.8 Å². The zero-order chi connectivity index (χ0) is 29.9. The molecule has 6 rings (SSSR count). The first-order chi connectivity index (χ1) is 20.9. The van der Waals surface area contributed by atoms with E-state index in [0.29, 0.717) is 52.4 Å². The number of thioether (sulfide) groups is 1. The Morgan fingerprint density at radius 1 is 1.09 bits per heavy atom. The lowest BCUT2D eigenvalue weighted by Gasteiger charge is -2.27. The maximum atomic E-state index is 13.7. The highest BCUT2D eigenvalue weighted by atomic mass is 32.2. The van der Waals surface area contributed by atoms with E-state index in [1.807, 2.05) is 55.5 Å². The summed E-state index contributed by atoms with van der Waals surface area (Å²) in [6.45, 7) is 2.34. The minimum absolute atomic E-state index is 0.114. The van der Waals surface area contributed by atoms with Crippen LogP contribution in [0.2, 0.25) is 0 Å². The second kappa shape index (κ2) is 12.2. The normalized spacial score (nSPS) is 16.9. The molecule has 3 aromatic rings. The molecule has 0 saturated heterocycles. The van der Waals surface area contributed by atoms with Crippen LogP contribution < -0.4 is 24.8 Å². The van der Waals surface area contributed by atoms with Gasteiger partial charge in [0.25, 0.3) is 5.91 Å². The predicted octanol–water partition coefficient (Wildman–Crippen LogP) is 4.24. The van der Waals surface area contributed by atoms with E-state index in [1.165, 1.54) is 16.7 Å². The third-order valence-electron chi connectivity index (χ3n) is 7.13. The predicted molar refractivity (Wildman–Crippen MR) is 163 cm³/mol. The molecule has 0 spiro atoms. The van der Waals surface area contributed by atoms with Crippen LogP contribution in [0.3, 0.4) is 0 Å². The van der Waals surface area contributed by atoms with Gasteiger partial charge in [-0.15, -0.1) is 0 Å². The molecule has 3 heterocycles. The number of nitrogens with one attached hydrogen (secondary N) is 2. The molecule has 0 aromatic heterocycles. The number of fused-ring (bicyclic) bond motifs is 4. The van der Waals surface area contributed by atoms with E-state index in [9.17, 15) is 14.4 Å². The van der Waals surface area contributed by atoms with Gasteiger partial charge in [0.15, 0.2) is 16.7 Å². The van der Waals surface area contributed by atoms with Crippen molar-refractivity contribution in [2.75, 3.05) is 19.2 Å². The number of nitrogens with zero attached hydrogens (tertiary/aromatic N) is 3. The van der Waals surface area contributed by atoms with Crippen molar-refractivity contribution >= 4 is 51.9 Å². The number of benzene rings is 3. The van der Waals surface area contributed by atoms with Crippen LogP contribution in [0.15, 0.2) is 76.7 Å². The Morgan fingerprint density at radius 3 is 2.67 bits per heavy atom. The summed E-state index contributed by atoms with van der Waals surface area (Å²) in [4.78, 5) is 50.7. The molecular formula is C31H29N5O6S. The summed E-state index contributed by atoms with van der Waals surface area (Å²) in [5.41, 5.74) is 2.81. The zero-order valence-corrected chi connectivity index (χ0v) is 24.3. The van der Waals surface area contributed by atoms with E-state index in [1.54, 1.807) is 25.3 Å². The molecule has 0 saturated carbocycles. The van der Waals surface area contributed by atoms with E-state index in [4.69, 9.17) is 19.2 Å². The average molecular weight is 600 g/mol. The van der Waals surface area contributed by atoms with Crippen LogP contribution in [0.4, 0.5) is 11.4 Å². The van der Waals surface area contributed by atoms with Crippen LogP contribution in [0.1, 0.15) is 30.9 Å². The summed E-state index contributed by atoms with van der Waals surface area (Å²) in [5.74, 6) is 1.44. The number of hydrogen-bond acceptors (Lipinski definition) is 9. The lowest BCUT2D eigenvalue weighted by Crippen LogP contribution is -2.43. The highest BCUT2D eigenvalue weighted by Gasteiger charge is 2.43. The van der Waals surface area contributed by atoms with E-state index in [2.05, 4.69) is 15.6 Å². The van der Waals surface area contributed by atoms with Gasteiger partial charge in [0.05, 0.1) is 24.5 Å². The fourth-order valence-corrected chi connectivity index (χ4v) is 5.87. The van der Waals surface area contributed by atoms with E-state index in [0.717, 1.165) is 11.3 Å². The van der Waals surface area contributed by atoms with Crippen LogP contribution in [-0.4, -0.2) is 58.8 Å². The van der Waals surface area contributed by atoms with Crippen molar-refractivity contribution in [1.29, 1.82) is 0 Å². The lowest BCUT2D eigenvalue weighted by molar-refractivity contribution is -0.128. The highest BCUT2D eigenvalue weighted by Crippen LogP contribution is 2.37. The number of para-hydroxylation sites is 1. The van der Waals surface area contributed by atoms with Crippen LogP contribution in [0.25, 0.3) is 0 Å². The first-order valence-electron chi connectivity index (χ1n) is 13.8. The van der Waals surface area contributed by atoms with Crippen molar-refractivity contribution in [3.05, 3.63) is 77.9 Å². The van der Waals surface area contributed by atoms with E-state index < -0.39 is 11.3 Å². The van der Waals surface area contributed by atoms with Crippen molar-refractivity contribution in [3.8, 4) is 17.2 Å². The Morgan fingerprint density at radius 2 is 1.88 bits per heavy atom. The Labute approximate surface area is 252 Å². The van der Waals surface area contributed by atoms with Gasteiger partial charge >= 0.3 is 0 Å². The number of methoxy groups -OCH3 is 1. The quantitative estimate of drug-likeness (QED) is 0.376. The monoisotopic (exact) mass is 599 g/mol. The molecule has 0 radical (unpaired) electrons. The molecule has 43 heavy (non-hydrogen) atoms. The molecule has 3 aliphatic rings. The number of hydrogen-bond donors (Lipinski definition) is 2. The minimum atomic E-state index is -0.912. The second-order valence-electron chi connectivity index (χ2n) is 9.95. The van der Waals surface area contributed by atoms with Crippen LogP contribution in [0, 0.1) is 0 Å². The molecule has 0 fully saturated rings. The summed E-state index contributed by atoms with van der Waals surface area (Å²) >= 11 is 1.19. The third kappa shape index (κ3) is 5.91. The largest absolute Gasteiger partial charge is 0.497 e. The molecule has 220 valence electrons. The van der Waals surface area contributed by atoms with Gasteiger partial charge in [-0.05, 0) is 48.4 Å². The van der Waals surface area contributed by atoms with Gasteiger partial charge in [-0.2, -0.15) is 0 Å². The first kappa shape index (κ1) is 28.3. The number of amides is 3. The molecule has 2 atom stereocenters. The van der Waals surface area contributed by atoms with Crippen molar-refractivity contribution in [3.63, 3.8) is 0 Å². The van der Waals surface area contributed by atoms with Crippen LogP contribution >= 0.6 is 11.8 Å². The number of carbonyl (C=O) groups is 3. The van der Waals surface area contributed by atoms with Crippen molar-refractivity contribution in [1.82, 2.24) is 10.2 Å². The van der Waals surface area contributed by atoms with Crippen molar-refractivity contribution < 1.29 is 28.6 Å². The molecular weight excluding hydrogens is 570 g/mol. The second-order valence-corrected chi connectivity index (χ2v) is 11.1. The average Bonchev–Trinajstić information content (AvgIpc) is 3.63. The Bertz CT molecular complexity index is 1640. The van der Waals surface area contributed by atoms with Crippen molar-refractivity contribution in [2.45, 2.75) is 37.6 Å². The van der Waals surface area contributed by atoms with Gasteiger partial charge in [-0.3, -0.25) is 19.4 Å². The van der Waals surface area contributed by atoms with Crippen molar-refractivity contribution in [2.24, 2.45) is 9.98 Å². The maximum Gasteiger partial charge on any atom is 0.259 e. The number of amidine groups is 2. The standard InChI is InChI=1S/C31H29N5O6S/c1-3-26(29(38)33-19-10-13-24-25(14-19)42-17-41-24)43-31-35-22-7-5-4-6-21(22)28-34-23(30(39)36(28)31)15-27(37)32-16-18-8-11-20(40-2)12-9-18/h4-14,23,26H,3,15-17H2,1-2H3,(H,32,37)(H,33,38)/t23-,26-/m1/s1. The summed E-state index contributed by atoms with van der Waals surface area (Å²) in [6, 6.07) is 19.0. The summed E-state index contributed by atoms with van der Waals surface area (Å²) in [7, 11) is 1.59. The van der Waals surface area contributed by atoms with Crippen LogP contribution in [0.5, 0.6) is 17.2 Å². The molecule has 3 amide bonds. The molecule has 3 aliphatic heterocycles. The molecule has 0 unspecified atom stereocenters. The number of anilines is 1. The smallest absolute Gasteiger partial charge is 0.259 e. The minimum Gasteiger partial charge on any atom is -0.497 e. The molecule has 3 aromatic carbocycles. The number of aliphatic imine (C=N–C) groups is 2. The van der Waals surface area contributed by atoms with Gasteiger partial charge in [0.1, 0.15) is 17.6 Å². The Kier molecular flexibility index (Phi) is 8.01. The fraction of sp³-hybridized carbons (Fsp3) is 0.258. The zero-order valence-electron chi connectivity index (χ0n) is 23.5. The molecule has 2 N–H and O–H groups in total. The summed E-state index contributed by atoms with van der Waals surface area (Å²) in [5, 5.41) is 5.58. The SMILES string of the molecule is CC[C@@H](SC1=Nc2ccccc2C2=N[C@H](CC(=O)NCc3ccc(OC)cc3)C(=O)N12)C(=O)Nc1ccc2c(c1)OCO2. The van der Waals surface area contributed by atoms with Gasteiger partial charge in [0, 0.05) is 23.9 Å². The lowest BCUT2D eigenvalue weighted by atomic mass is 10.1. The van der Waals surface area contributed by atoms with Gasteiger partial charge in [-0.25, -0.2) is 9.89 Å². The fourth-order valence-electron chi connectivity index (χ4n) is 4.85. The topological polar surface area (TPSA) is 131 Å². The maximum absolute atomic E-state index is 13.7. The number of ether oxygens (including phenoxy) is 3. The highest BCUT2D eigenvalue weighted by molar-refractivity contribution is 8.15. The Hall–Kier alpha value is -4.84. The van der Waals surface area contributed by atoms with Gasteiger partial charge in [-0.1, -0.05) is 43.0 Å². The van der Waals surface area contributed by atoms with Crippen LogP contribution in [-0.2, 0) is 20.9 Å². The third-order valence-corrected chi connectivity index (χ3v) is 8.44. The number of rotatable bonds is 9. The number of carbonyl (C=O) groups excluding carboxylic acids is 3. The molecule has 0 bridgehead atoms. The Balaban J connectivity index is 1.16. The van der Waals surface area contributed by atoms with E-state index >= 15 is 0 Å².